The fourth-order valence-corrected chi connectivity index (χ4v) is 2.72. The van der Waals surface area contributed by atoms with Crippen LogP contribution in [0.3, 0.4) is 0 Å². The maximum Gasteiger partial charge on any atom is 0.159 e. The van der Waals surface area contributed by atoms with Gasteiger partial charge in [-0.15, -0.1) is 0 Å². The van der Waals surface area contributed by atoms with Crippen LogP contribution in [-0.4, -0.2) is 24.8 Å². The highest BCUT2D eigenvalue weighted by Crippen LogP contribution is 2.17. The van der Waals surface area contributed by atoms with Gasteiger partial charge in [-0.3, -0.25) is 9.59 Å². The first-order valence-electron chi connectivity index (χ1n) is 9.43. The van der Waals surface area contributed by atoms with Crippen molar-refractivity contribution in [2.45, 2.75) is 40.0 Å². The molecule has 0 N–H and O–H groups in total. The fourth-order valence-electron chi connectivity index (χ4n) is 2.72. The minimum atomic E-state index is 0.0622. The van der Waals surface area contributed by atoms with Gasteiger partial charge in [0.05, 0.1) is 13.2 Å². The number of ether oxygens (including phenoxy) is 2. The Morgan fingerprint density at radius 2 is 1.19 bits per heavy atom. The molecule has 1 unspecified atom stereocenters. The number of hydrogen-bond donors (Lipinski definition) is 0. The molecule has 2 rings (SSSR count). The van der Waals surface area contributed by atoms with Gasteiger partial charge in [-0.1, -0.05) is 6.92 Å². The molecular weight excluding hydrogens is 340 g/mol. The topological polar surface area (TPSA) is 52.6 Å². The van der Waals surface area contributed by atoms with Crippen LogP contribution in [-0.2, 0) is 0 Å². The van der Waals surface area contributed by atoms with Gasteiger partial charge in [-0.25, -0.2) is 0 Å². The van der Waals surface area contributed by atoms with E-state index in [-0.39, 0.29) is 11.6 Å². The van der Waals surface area contributed by atoms with Gasteiger partial charge < -0.3 is 9.47 Å². The maximum atomic E-state index is 11.3. The normalized spacial score (nSPS) is 11.7. The van der Waals surface area contributed by atoms with Gasteiger partial charge in [0.15, 0.2) is 11.6 Å². The van der Waals surface area contributed by atoms with Crippen LogP contribution in [0.1, 0.15) is 60.7 Å². The molecule has 4 heteroatoms. The molecule has 0 spiro atoms. The molecule has 0 bridgehead atoms. The summed E-state index contributed by atoms with van der Waals surface area (Å²) < 4.78 is 11.5. The Labute approximate surface area is 161 Å². The quantitative estimate of drug-likeness (QED) is 0.396. The SMILES string of the molecule is CC(=O)c1ccc(OCCCC(C)CCOc2ccc(C(C)=O)cc2)cc1. The summed E-state index contributed by atoms with van der Waals surface area (Å²) in [4.78, 5) is 22.5. The summed E-state index contributed by atoms with van der Waals surface area (Å²) in [6.07, 6.45) is 3.02. The van der Waals surface area contributed by atoms with Crippen molar-refractivity contribution in [3.05, 3.63) is 59.7 Å². The van der Waals surface area contributed by atoms with Crippen molar-refractivity contribution in [1.82, 2.24) is 0 Å². The van der Waals surface area contributed by atoms with Crippen molar-refractivity contribution >= 4 is 11.6 Å². The lowest BCUT2D eigenvalue weighted by Crippen LogP contribution is -2.06. The molecule has 0 heterocycles. The highest BCUT2D eigenvalue weighted by molar-refractivity contribution is 5.94. The second kappa shape index (κ2) is 10.5. The molecule has 1 atom stereocenters. The lowest BCUT2D eigenvalue weighted by atomic mass is 10.0. The maximum absolute atomic E-state index is 11.3. The van der Waals surface area contributed by atoms with E-state index in [2.05, 4.69) is 6.92 Å². The first-order chi connectivity index (χ1) is 13.0. The number of Topliss-reactive ketones (excluding diaryl/α,β-unsaturated/α-hetero) is 2. The van der Waals surface area contributed by atoms with Crippen molar-refractivity contribution in [3.8, 4) is 11.5 Å². The third kappa shape index (κ3) is 7.26. The minimum Gasteiger partial charge on any atom is -0.494 e. The van der Waals surface area contributed by atoms with E-state index in [0.29, 0.717) is 30.3 Å². The zero-order valence-corrected chi connectivity index (χ0v) is 16.4. The monoisotopic (exact) mass is 368 g/mol. The lowest BCUT2D eigenvalue weighted by molar-refractivity contribution is 0.100. The third-order valence-electron chi connectivity index (χ3n) is 4.51. The van der Waals surface area contributed by atoms with Crippen LogP contribution in [0.25, 0.3) is 0 Å². The lowest BCUT2D eigenvalue weighted by Gasteiger charge is -2.13. The summed E-state index contributed by atoms with van der Waals surface area (Å²) in [7, 11) is 0. The van der Waals surface area contributed by atoms with Gasteiger partial charge >= 0.3 is 0 Å². The number of carbonyl (C=O) groups is 2. The smallest absolute Gasteiger partial charge is 0.159 e. The highest BCUT2D eigenvalue weighted by Gasteiger charge is 2.05. The zero-order valence-electron chi connectivity index (χ0n) is 16.4. The Morgan fingerprint density at radius 1 is 0.741 bits per heavy atom. The van der Waals surface area contributed by atoms with Crippen LogP contribution in [0.2, 0.25) is 0 Å². The molecule has 0 aliphatic carbocycles. The average Bonchev–Trinajstić information content (AvgIpc) is 2.66. The molecule has 2 aromatic rings. The molecule has 2 aromatic carbocycles. The molecule has 0 aromatic heterocycles. The van der Waals surface area contributed by atoms with E-state index >= 15 is 0 Å². The van der Waals surface area contributed by atoms with Gasteiger partial charge in [-0.2, -0.15) is 0 Å². The van der Waals surface area contributed by atoms with Crippen molar-refractivity contribution in [2.75, 3.05) is 13.2 Å². The summed E-state index contributed by atoms with van der Waals surface area (Å²) in [5.41, 5.74) is 1.40. The fraction of sp³-hybridized carbons (Fsp3) is 0.391. The molecule has 144 valence electrons. The molecule has 0 amide bonds. The molecule has 0 saturated carbocycles. The van der Waals surface area contributed by atoms with Crippen LogP contribution in [0.15, 0.2) is 48.5 Å². The number of ketones is 2. The zero-order chi connectivity index (χ0) is 19.6. The third-order valence-corrected chi connectivity index (χ3v) is 4.51. The molecule has 0 saturated heterocycles. The van der Waals surface area contributed by atoms with Crippen LogP contribution in [0.5, 0.6) is 11.5 Å². The molecule has 0 aliphatic rings. The van der Waals surface area contributed by atoms with Crippen LogP contribution in [0, 0.1) is 5.92 Å². The standard InChI is InChI=1S/C23H28O4/c1-17(14-16-27-23-12-8-21(9-13-23)19(3)25)5-4-15-26-22-10-6-20(7-11-22)18(2)24/h6-13,17H,4-5,14-16H2,1-3H3. The van der Waals surface area contributed by atoms with Gasteiger partial charge in [0.25, 0.3) is 0 Å². The summed E-state index contributed by atoms with van der Waals surface area (Å²) in [5, 5.41) is 0. The second-order valence-electron chi connectivity index (χ2n) is 6.89. The van der Waals surface area contributed by atoms with E-state index in [4.69, 9.17) is 9.47 Å². The predicted octanol–water partition coefficient (Wildman–Crippen LogP) is 5.36. The molecule has 0 radical (unpaired) electrons. The summed E-state index contributed by atoms with van der Waals surface area (Å²) in [6, 6.07) is 14.5. The highest BCUT2D eigenvalue weighted by atomic mass is 16.5. The number of carbonyl (C=O) groups excluding carboxylic acids is 2. The van der Waals surface area contributed by atoms with Crippen molar-refractivity contribution < 1.29 is 19.1 Å². The van der Waals surface area contributed by atoms with E-state index in [0.717, 1.165) is 30.8 Å². The number of rotatable bonds is 11. The Kier molecular flexibility index (Phi) is 8.05. The Morgan fingerprint density at radius 3 is 1.63 bits per heavy atom. The second-order valence-corrected chi connectivity index (χ2v) is 6.89. The molecule has 27 heavy (non-hydrogen) atoms. The minimum absolute atomic E-state index is 0.0622. The molecular formula is C23H28O4. The van der Waals surface area contributed by atoms with Crippen LogP contribution < -0.4 is 9.47 Å². The molecule has 4 nitrogen and oxygen atoms in total. The molecule has 0 fully saturated rings. The summed E-state index contributed by atoms with van der Waals surface area (Å²) in [6.45, 7) is 6.65. The predicted molar refractivity (Wildman–Crippen MR) is 107 cm³/mol. The van der Waals surface area contributed by atoms with Crippen molar-refractivity contribution in [3.63, 3.8) is 0 Å². The van der Waals surface area contributed by atoms with Gasteiger partial charge in [0.1, 0.15) is 11.5 Å². The Balaban J connectivity index is 1.59. The van der Waals surface area contributed by atoms with Crippen molar-refractivity contribution in [1.29, 1.82) is 0 Å². The first-order valence-corrected chi connectivity index (χ1v) is 9.43. The first kappa shape index (κ1) is 20.7. The Hall–Kier alpha value is -2.62. The van der Waals surface area contributed by atoms with E-state index in [1.807, 2.05) is 24.3 Å². The average molecular weight is 368 g/mol. The van der Waals surface area contributed by atoms with Crippen molar-refractivity contribution in [2.24, 2.45) is 5.92 Å². The largest absolute Gasteiger partial charge is 0.494 e. The summed E-state index contributed by atoms with van der Waals surface area (Å²) in [5.74, 6) is 2.26. The van der Waals surface area contributed by atoms with E-state index in [9.17, 15) is 9.59 Å². The number of benzene rings is 2. The van der Waals surface area contributed by atoms with Gasteiger partial charge in [0, 0.05) is 11.1 Å². The van der Waals surface area contributed by atoms with Crippen LogP contribution >= 0.6 is 0 Å². The van der Waals surface area contributed by atoms with E-state index in [1.54, 1.807) is 38.1 Å². The van der Waals surface area contributed by atoms with Crippen LogP contribution in [0.4, 0.5) is 0 Å². The van der Waals surface area contributed by atoms with Gasteiger partial charge in [0.2, 0.25) is 0 Å². The van der Waals surface area contributed by atoms with E-state index in [1.165, 1.54) is 0 Å². The summed E-state index contributed by atoms with van der Waals surface area (Å²) >= 11 is 0. The van der Waals surface area contributed by atoms with Gasteiger partial charge in [-0.05, 0) is 87.6 Å². The Bertz CT molecular complexity index is 732. The number of hydrogen-bond acceptors (Lipinski definition) is 4. The van der Waals surface area contributed by atoms with E-state index < -0.39 is 0 Å². The molecule has 0 aliphatic heterocycles.